The Morgan fingerprint density at radius 3 is 2.21 bits per heavy atom. The molecule has 3 N–H and O–H groups in total. The molecule has 4 heteroatoms. The molecule has 14 heavy (non-hydrogen) atoms. The van der Waals surface area contributed by atoms with Gasteiger partial charge in [-0.05, 0) is 12.3 Å². The van der Waals surface area contributed by atoms with Crippen LogP contribution in [-0.2, 0) is 9.59 Å². The number of imide groups is 1. The van der Waals surface area contributed by atoms with Crippen molar-refractivity contribution in [1.29, 1.82) is 0 Å². The summed E-state index contributed by atoms with van der Waals surface area (Å²) in [5, 5.41) is 2.29. The topological polar surface area (TPSA) is 72.2 Å². The molecule has 0 saturated heterocycles. The largest absolute Gasteiger partial charge is 0.322 e. The lowest BCUT2D eigenvalue weighted by atomic mass is 9.89. The zero-order valence-corrected chi connectivity index (χ0v) is 9.17. The number of rotatable bonds is 5. The summed E-state index contributed by atoms with van der Waals surface area (Å²) in [6.07, 6.45) is 1.68. The van der Waals surface area contributed by atoms with Crippen LogP contribution in [0, 0.1) is 11.8 Å². The van der Waals surface area contributed by atoms with Crippen LogP contribution in [0.15, 0.2) is 0 Å². The molecule has 0 rings (SSSR count). The first-order valence-electron chi connectivity index (χ1n) is 5.10. The molecule has 2 atom stereocenters. The predicted molar refractivity (Wildman–Crippen MR) is 55.4 cm³/mol. The molecular formula is C10H20N2O2. The SMILES string of the molecule is CCC(C)C(CC)C(=O)NC(=O)CN. The fraction of sp³-hybridized carbons (Fsp3) is 0.800. The second-order valence-corrected chi connectivity index (χ2v) is 3.52. The maximum atomic E-state index is 11.6. The van der Waals surface area contributed by atoms with Gasteiger partial charge in [-0.2, -0.15) is 0 Å². The number of nitrogens with two attached hydrogens (primary N) is 1. The minimum Gasteiger partial charge on any atom is -0.322 e. The van der Waals surface area contributed by atoms with Crippen LogP contribution in [-0.4, -0.2) is 18.4 Å². The highest BCUT2D eigenvalue weighted by Gasteiger charge is 2.22. The Hall–Kier alpha value is -0.900. The molecule has 0 bridgehead atoms. The van der Waals surface area contributed by atoms with E-state index in [1.54, 1.807) is 0 Å². The van der Waals surface area contributed by atoms with Crippen molar-refractivity contribution in [1.82, 2.24) is 5.32 Å². The van der Waals surface area contributed by atoms with Gasteiger partial charge in [-0.25, -0.2) is 0 Å². The first-order chi connectivity index (χ1) is 6.56. The van der Waals surface area contributed by atoms with Gasteiger partial charge in [0.1, 0.15) is 0 Å². The summed E-state index contributed by atoms with van der Waals surface area (Å²) in [4.78, 5) is 22.5. The van der Waals surface area contributed by atoms with Crippen molar-refractivity contribution in [3.63, 3.8) is 0 Å². The van der Waals surface area contributed by atoms with Crippen molar-refractivity contribution >= 4 is 11.8 Å². The highest BCUT2D eigenvalue weighted by molar-refractivity contribution is 5.97. The van der Waals surface area contributed by atoms with Crippen LogP contribution >= 0.6 is 0 Å². The summed E-state index contributed by atoms with van der Waals surface area (Å²) in [6, 6.07) is 0. The Balaban J connectivity index is 4.24. The van der Waals surface area contributed by atoms with E-state index in [-0.39, 0.29) is 18.4 Å². The summed E-state index contributed by atoms with van der Waals surface area (Å²) in [6.45, 7) is 5.86. The molecule has 0 aliphatic carbocycles. The summed E-state index contributed by atoms with van der Waals surface area (Å²) in [5.74, 6) is -0.393. The Labute approximate surface area is 85.2 Å². The average Bonchev–Trinajstić information content (AvgIpc) is 2.18. The lowest BCUT2D eigenvalue weighted by Gasteiger charge is -2.19. The van der Waals surface area contributed by atoms with Gasteiger partial charge in [0, 0.05) is 5.92 Å². The van der Waals surface area contributed by atoms with Crippen LogP contribution < -0.4 is 11.1 Å². The summed E-state index contributed by atoms with van der Waals surface area (Å²) in [7, 11) is 0. The monoisotopic (exact) mass is 200 g/mol. The lowest BCUT2D eigenvalue weighted by molar-refractivity contribution is -0.133. The number of hydrogen-bond donors (Lipinski definition) is 2. The van der Waals surface area contributed by atoms with Crippen molar-refractivity contribution in [2.45, 2.75) is 33.6 Å². The van der Waals surface area contributed by atoms with Crippen LogP contribution in [0.25, 0.3) is 0 Å². The summed E-state index contributed by atoms with van der Waals surface area (Å²) < 4.78 is 0. The van der Waals surface area contributed by atoms with E-state index in [2.05, 4.69) is 5.32 Å². The van der Waals surface area contributed by atoms with Crippen LogP contribution in [0.5, 0.6) is 0 Å². The molecule has 0 aromatic rings. The highest BCUT2D eigenvalue weighted by Crippen LogP contribution is 2.18. The molecule has 82 valence electrons. The van der Waals surface area contributed by atoms with E-state index in [0.717, 1.165) is 12.8 Å². The number of nitrogens with one attached hydrogen (secondary N) is 1. The molecule has 0 spiro atoms. The number of hydrogen-bond acceptors (Lipinski definition) is 3. The zero-order valence-electron chi connectivity index (χ0n) is 9.17. The van der Waals surface area contributed by atoms with Crippen LogP contribution in [0.4, 0.5) is 0 Å². The summed E-state index contributed by atoms with van der Waals surface area (Å²) in [5.41, 5.74) is 5.11. The molecule has 2 amide bonds. The van der Waals surface area contributed by atoms with Crippen LogP contribution in [0.2, 0.25) is 0 Å². The Morgan fingerprint density at radius 2 is 1.86 bits per heavy atom. The van der Waals surface area contributed by atoms with Crippen molar-refractivity contribution in [3.8, 4) is 0 Å². The molecule has 2 unspecified atom stereocenters. The Morgan fingerprint density at radius 1 is 1.29 bits per heavy atom. The van der Waals surface area contributed by atoms with Gasteiger partial charge in [-0.1, -0.05) is 27.2 Å². The van der Waals surface area contributed by atoms with Crippen molar-refractivity contribution in [2.24, 2.45) is 17.6 Å². The first kappa shape index (κ1) is 13.1. The number of amides is 2. The predicted octanol–water partition coefficient (Wildman–Crippen LogP) is 0.660. The van der Waals surface area contributed by atoms with Crippen molar-refractivity contribution in [3.05, 3.63) is 0 Å². The van der Waals surface area contributed by atoms with Crippen molar-refractivity contribution in [2.75, 3.05) is 6.54 Å². The van der Waals surface area contributed by atoms with E-state index < -0.39 is 5.91 Å². The van der Waals surface area contributed by atoms with Gasteiger partial charge >= 0.3 is 0 Å². The number of carbonyl (C=O) groups is 2. The van der Waals surface area contributed by atoms with Gasteiger partial charge in [0.15, 0.2) is 0 Å². The second-order valence-electron chi connectivity index (χ2n) is 3.52. The van der Waals surface area contributed by atoms with Gasteiger partial charge in [0.05, 0.1) is 6.54 Å². The van der Waals surface area contributed by atoms with E-state index >= 15 is 0 Å². The van der Waals surface area contributed by atoms with Gasteiger partial charge in [0.25, 0.3) is 0 Å². The molecule has 0 radical (unpaired) electrons. The van der Waals surface area contributed by atoms with E-state index in [4.69, 9.17) is 5.73 Å². The smallest absolute Gasteiger partial charge is 0.240 e. The van der Waals surface area contributed by atoms with Gasteiger partial charge < -0.3 is 5.73 Å². The Kier molecular flexibility index (Phi) is 6.12. The number of carbonyl (C=O) groups excluding carboxylic acids is 2. The normalized spacial score (nSPS) is 14.6. The van der Waals surface area contributed by atoms with Gasteiger partial charge in [0.2, 0.25) is 11.8 Å². The van der Waals surface area contributed by atoms with Crippen LogP contribution in [0.1, 0.15) is 33.6 Å². The zero-order chi connectivity index (χ0) is 11.1. The molecule has 0 aliphatic rings. The minimum atomic E-state index is -0.406. The van der Waals surface area contributed by atoms with E-state index in [9.17, 15) is 9.59 Å². The molecule has 0 aromatic carbocycles. The molecule has 0 aliphatic heterocycles. The van der Waals surface area contributed by atoms with E-state index in [1.807, 2.05) is 20.8 Å². The fourth-order valence-electron chi connectivity index (χ4n) is 1.41. The van der Waals surface area contributed by atoms with Crippen molar-refractivity contribution < 1.29 is 9.59 Å². The third kappa shape index (κ3) is 3.87. The maximum absolute atomic E-state index is 11.6. The molecule has 0 fully saturated rings. The average molecular weight is 200 g/mol. The van der Waals surface area contributed by atoms with Gasteiger partial charge in [-0.15, -0.1) is 0 Å². The summed E-state index contributed by atoms with van der Waals surface area (Å²) >= 11 is 0. The Bertz CT molecular complexity index is 204. The van der Waals surface area contributed by atoms with E-state index in [1.165, 1.54) is 0 Å². The fourth-order valence-corrected chi connectivity index (χ4v) is 1.41. The molecule has 0 aromatic heterocycles. The quantitative estimate of drug-likeness (QED) is 0.684. The minimum absolute atomic E-state index is 0.0875. The first-order valence-corrected chi connectivity index (χ1v) is 5.10. The standard InChI is InChI=1S/C10H20N2O2/c1-4-7(3)8(5-2)10(14)12-9(13)6-11/h7-8H,4-6,11H2,1-3H3,(H,12,13,14). The second kappa shape index (κ2) is 6.54. The lowest BCUT2D eigenvalue weighted by Crippen LogP contribution is -2.40. The maximum Gasteiger partial charge on any atom is 0.240 e. The molecule has 0 heterocycles. The molecule has 0 saturated carbocycles. The van der Waals surface area contributed by atoms with Crippen LogP contribution in [0.3, 0.4) is 0 Å². The van der Waals surface area contributed by atoms with Gasteiger partial charge in [-0.3, -0.25) is 14.9 Å². The van der Waals surface area contributed by atoms with E-state index in [0.29, 0.717) is 5.92 Å². The molecule has 4 nitrogen and oxygen atoms in total. The highest BCUT2D eigenvalue weighted by atomic mass is 16.2. The third-order valence-corrected chi connectivity index (χ3v) is 2.56. The third-order valence-electron chi connectivity index (χ3n) is 2.56. The molecular weight excluding hydrogens is 180 g/mol.